The quantitative estimate of drug-likeness (QED) is 0.248. The Kier molecular flexibility index (Phi) is 9.97. The van der Waals surface area contributed by atoms with Gasteiger partial charge in [0.25, 0.3) is 11.8 Å². The molecule has 9 nitrogen and oxygen atoms in total. The lowest BCUT2D eigenvalue weighted by Crippen LogP contribution is -2.33. The fraction of sp³-hybridized carbons (Fsp3) is 0.304. The van der Waals surface area contributed by atoms with Gasteiger partial charge in [0, 0.05) is 16.6 Å². The Morgan fingerprint density at radius 2 is 1.84 bits per heavy atom. The fourth-order valence-electron chi connectivity index (χ4n) is 3.02. The minimum atomic E-state index is -4.57. The minimum absolute atomic E-state index is 0.000720. The minimum Gasteiger partial charge on any atom is -0.489 e. The van der Waals surface area contributed by atoms with Crippen LogP contribution < -0.4 is 15.4 Å². The van der Waals surface area contributed by atoms with E-state index in [1.165, 1.54) is 29.1 Å². The summed E-state index contributed by atoms with van der Waals surface area (Å²) >= 11 is 3.36. The van der Waals surface area contributed by atoms with Crippen LogP contribution in [-0.2, 0) is 11.3 Å². The van der Waals surface area contributed by atoms with Gasteiger partial charge in [-0.25, -0.2) is 9.07 Å². The van der Waals surface area contributed by atoms with Crippen LogP contribution in [0.5, 0.6) is 5.75 Å². The summed E-state index contributed by atoms with van der Waals surface area (Å²) in [7, 11) is 0. The molecule has 0 radical (unpaired) electrons. The van der Waals surface area contributed by atoms with E-state index in [1.807, 2.05) is 24.3 Å². The van der Waals surface area contributed by atoms with Gasteiger partial charge in [0.1, 0.15) is 31.3 Å². The number of hydrogen-bond acceptors (Lipinski definition) is 6. The lowest BCUT2D eigenvalue weighted by molar-refractivity contribution is -0.123. The van der Waals surface area contributed by atoms with E-state index in [-0.39, 0.29) is 49.1 Å². The number of benzene rings is 2. The molecule has 1 aromatic heterocycles. The van der Waals surface area contributed by atoms with Gasteiger partial charge in [0.05, 0.1) is 19.4 Å². The van der Waals surface area contributed by atoms with Crippen LogP contribution in [0, 0.1) is 0 Å². The molecular weight excluding hydrogens is 566 g/mol. The topological polar surface area (TPSA) is 107 Å². The van der Waals surface area contributed by atoms with Crippen molar-refractivity contribution in [1.29, 1.82) is 0 Å². The first kappa shape index (κ1) is 28.1. The summed E-state index contributed by atoms with van der Waals surface area (Å²) in [4.78, 5) is 24.7. The number of amides is 2. The van der Waals surface area contributed by atoms with E-state index < -0.39 is 31.2 Å². The summed E-state index contributed by atoms with van der Waals surface area (Å²) < 4.78 is 62.3. The van der Waals surface area contributed by atoms with Crippen molar-refractivity contribution in [2.75, 3.05) is 33.0 Å². The zero-order valence-electron chi connectivity index (χ0n) is 19.2. The highest BCUT2D eigenvalue weighted by atomic mass is 79.9. The summed E-state index contributed by atoms with van der Waals surface area (Å²) in [6, 6.07) is 11.3. The number of aromatic nitrogens is 3. The van der Waals surface area contributed by atoms with E-state index >= 15 is 0 Å². The average molecular weight is 588 g/mol. The first-order valence-corrected chi connectivity index (χ1v) is 11.7. The first-order chi connectivity index (χ1) is 17.7. The number of carbonyl (C=O) groups is 2. The van der Waals surface area contributed by atoms with E-state index in [1.54, 1.807) is 5.32 Å². The normalized spacial score (nSPS) is 11.3. The largest absolute Gasteiger partial charge is 0.489 e. The summed E-state index contributed by atoms with van der Waals surface area (Å²) in [6.07, 6.45) is -3.24. The Hall–Kier alpha value is -3.52. The second-order valence-corrected chi connectivity index (χ2v) is 8.41. The summed E-state index contributed by atoms with van der Waals surface area (Å²) in [6.45, 7) is -2.07. The van der Waals surface area contributed by atoms with Crippen LogP contribution in [0.4, 0.5) is 17.6 Å². The lowest BCUT2D eigenvalue weighted by atomic mass is 10.1. The van der Waals surface area contributed by atoms with E-state index in [0.717, 1.165) is 10.0 Å². The summed E-state index contributed by atoms with van der Waals surface area (Å²) in [5.41, 5.74) is 1.02. The highest BCUT2D eigenvalue weighted by Gasteiger charge is 2.28. The zero-order valence-corrected chi connectivity index (χ0v) is 20.8. The lowest BCUT2D eigenvalue weighted by Gasteiger charge is -2.14. The number of nitrogens with one attached hydrogen (secondary N) is 2. The number of ether oxygens (including phenoxy) is 2. The molecule has 14 heteroatoms. The molecular formula is C23H22BrF4N5O4. The maximum atomic E-state index is 12.5. The van der Waals surface area contributed by atoms with Gasteiger partial charge in [-0.1, -0.05) is 33.3 Å². The molecule has 0 fully saturated rings. The van der Waals surface area contributed by atoms with Crippen LogP contribution in [0.1, 0.15) is 26.4 Å². The standard InChI is InChI=1S/C23H22BrF4N5O4/c24-17-3-1-2-15(10-17)12-29-22(35)18-13-33(32-31-18)19-5-4-16(21(34)30-14-23(26,27)28)11-20(19)37-9-8-36-7-6-25/h1-5,10-11,13H,6-9,12,14H2,(H,29,35)(H,30,34). The fourth-order valence-corrected chi connectivity index (χ4v) is 3.46. The highest BCUT2D eigenvalue weighted by Crippen LogP contribution is 2.25. The maximum absolute atomic E-state index is 12.5. The molecule has 1 heterocycles. The molecule has 0 spiro atoms. The van der Waals surface area contributed by atoms with Gasteiger partial charge in [0.15, 0.2) is 5.69 Å². The van der Waals surface area contributed by atoms with Gasteiger partial charge < -0.3 is 20.1 Å². The zero-order chi connectivity index (χ0) is 26.8. The Morgan fingerprint density at radius 3 is 2.57 bits per heavy atom. The predicted octanol–water partition coefficient (Wildman–Crippen LogP) is 3.62. The van der Waals surface area contributed by atoms with E-state index in [4.69, 9.17) is 9.47 Å². The van der Waals surface area contributed by atoms with Crippen LogP contribution in [0.2, 0.25) is 0 Å². The number of alkyl halides is 4. The van der Waals surface area contributed by atoms with Crippen molar-refractivity contribution >= 4 is 27.7 Å². The van der Waals surface area contributed by atoms with Crippen molar-refractivity contribution in [2.45, 2.75) is 12.7 Å². The van der Waals surface area contributed by atoms with Crippen molar-refractivity contribution in [3.63, 3.8) is 0 Å². The Labute approximate surface area is 217 Å². The second kappa shape index (κ2) is 13.1. The van der Waals surface area contributed by atoms with Crippen molar-refractivity contribution in [3.8, 4) is 11.4 Å². The Morgan fingerprint density at radius 1 is 1.03 bits per heavy atom. The molecule has 0 bridgehead atoms. The van der Waals surface area contributed by atoms with E-state index in [9.17, 15) is 27.2 Å². The molecule has 0 saturated carbocycles. The van der Waals surface area contributed by atoms with Crippen molar-refractivity contribution in [3.05, 3.63) is 70.0 Å². The predicted molar refractivity (Wildman–Crippen MR) is 127 cm³/mol. The van der Waals surface area contributed by atoms with Crippen LogP contribution in [0.3, 0.4) is 0 Å². The second-order valence-electron chi connectivity index (χ2n) is 7.49. The average Bonchev–Trinajstić information content (AvgIpc) is 3.35. The molecule has 0 saturated heterocycles. The Balaban J connectivity index is 1.76. The molecule has 2 amide bonds. The number of hydrogen-bond donors (Lipinski definition) is 2. The van der Waals surface area contributed by atoms with Crippen molar-refractivity contribution < 1.29 is 36.6 Å². The van der Waals surface area contributed by atoms with Crippen LogP contribution in [0.15, 0.2) is 53.1 Å². The van der Waals surface area contributed by atoms with Crippen molar-refractivity contribution in [2.24, 2.45) is 0 Å². The third-order valence-corrected chi connectivity index (χ3v) is 5.19. The molecule has 2 aromatic carbocycles. The van der Waals surface area contributed by atoms with Crippen LogP contribution >= 0.6 is 15.9 Å². The molecule has 198 valence electrons. The van der Waals surface area contributed by atoms with Gasteiger partial charge in [0.2, 0.25) is 0 Å². The van der Waals surface area contributed by atoms with Gasteiger partial charge in [-0.3, -0.25) is 9.59 Å². The molecule has 0 atom stereocenters. The van der Waals surface area contributed by atoms with E-state index in [2.05, 4.69) is 31.6 Å². The third-order valence-electron chi connectivity index (χ3n) is 4.69. The Bertz CT molecular complexity index is 1220. The van der Waals surface area contributed by atoms with Gasteiger partial charge in [-0.15, -0.1) is 5.10 Å². The molecule has 2 N–H and O–H groups in total. The summed E-state index contributed by atoms with van der Waals surface area (Å²) in [5, 5.41) is 12.3. The molecule has 3 rings (SSSR count). The maximum Gasteiger partial charge on any atom is 0.405 e. The van der Waals surface area contributed by atoms with Crippen LogP contribution in [0.25, 0.3) is 5.69 Å². The molecule has 0 unspecified atom stereocenters. The number of rotatable bonds is 12. The molecule has 0 aliphatic carbocycles. The SMILES string of the molecule is O=C(NCC(F)(F)F)c1ccc(-n2cc(C(=O)NCc3cccc(Br)c3)nn2)c(OCCOCCF)c1. The number of carbonyl (C=O) groups excluding carboxylic acids is 2. The van der Waals surface area contributed by atoms with Gasteiger partial charge >= 0.3 is 6.18 Å². The highest BCUT2D eigenvalue weighted by molar-refractivity contribution is 9.10. The van der Waals surface area contributed by atoms with Gasteiger partial charge in [-0.05, 0) is 35.9 Å². The monoisotopic (exact) mass is 587 g/mol. The van der Waals surface area contributed by atoms with E-state index in [0.29, 0.717) is 0 Å². The number of nitrogens with zero attached hydrogens (tertiary/aromatic N) is 3. The third kappa shape index (κ3) is 8.82. The molecule has 37 heavy (non-hydrogen) atoms. The van der Waals surface area contributed by atoms with Crippen LogP contribution in [-0.4, -0.2) is 66.0 Å². The van der Waals surface area contributed by atoms with Crippen molar-refractivity contribution in [1.82, 2.24) is 25.6 Å². The molecule has 0 aliphatic heterocycles. The number of halogens is 5. The first-order valence-electron chi connectivity index (χ1n) is 10.9. The molecule has 3 aromatic rings. The van der Waals surface area contributed by atoms with Gasteiger partial charge in [-0.2, -0.15) is 13.2 Å². The smallest absolute Gasteiger partial charge is 0.405 e. The summed E-state index contributed by atoms with van der Waals surface area (Å²) in [5.74, 6) is -1.39. The molecule has 0 aliphatic rings.